The summed E-state index contributed by atoms with van der Waals surface area (Å²) < 4.78 is 2.27. The molecule has 12 aromatic rings. The molecule has 0 unspecified atom stereocenters. The predicted octanol–water partition coefficient (Wildman–Crippen LogP) is 15.4. The minimum Gasteiger partial charge on any atom is -0.337 e. The minimum absolute atomic E-state index is 0.736. The Morgan fingerprint density at radius 3 is 1.10 bits per heavy atom. The lowest BCUT2D eigenvalue weighted by atomic mass is 9.99. The molecule has 2 N–H and O–H groups in total. The van der Waals surface area contributed by atoms with Crippen molar-refractivity contribution in [1.29, 1.82) is 0 Å². The molecule has 0 spiro atoms. The molecule has 0 bridgehead atoms. The van der Waals surface area contributed by atoms with Crippen molar-refractivity contribution in [3.05, 3.63) is 254 Å². The van der Waals surface area contributed by atoms with E-state index in [-0.39, 0.29) is 0 Å². The molecular formula is C62H44N6. The zero-order chi connectivity index (χ0) is 45.2. The maximum Gasteiger partial charge on any atom is 0.138 e. The Balaban J connectivity index is 0.841. The smallest absolute Gasteiger partial charge is 0.138 e. The summed E-state index contributed by atoms with van der Waals surface area (Å²) in [5, 5.41) is 0. The van der Waals surface area contributed by atoms with Crippen molar-refractivity contribution in [1.82, 2.24) is 29.3 Å². The molecule has 0 atom stereocenters. The maximum absolute atomic E-state index is 5.27. The number of rotatable bonds is 11. The summed E-state index contributed by atoms with van der Waals surface area (Å²) in [6.45, 7) is 0. The van der Waals surface area contributed by atoms with Crippen molar-refractivity contribution in [2.75, 3.05) is 0 Å². The van der Waals surface area contributed by atoms with Crippen molar-refractivity contribution in [3.63, 3.8) is 0 Å². The number of benzene rings is 8. The van der Waals surface area contributed by atoms with Gasteiger partial charge in [0.1, 0.15) is 17.3 Å². The second-order valence-corrected chi connectivity index (χ2v) is 17.0. The molecule has 6 nitrogen and oxygen atoms in total. The molecule has 0 saturated heterocycles. The summed E-state index contributed by atoms with van der Waals surface area (Å²) in [7, 11) is 0. The number of fused-ring (bicyclic) bond motifs is 1. The SMILES string of the molecule is c1ccc(Cc2c(-c3ccc(-c4ccc(-c5nc(-c6ccccc6)c(-c6ccccc6)[nH]5)cc4)cc3)nc3ccc(-c4ccc(-c5nc(-c6ccccc6)c(-c6ccccc6)[nH]5)cc4)cn23)cc1. The molecule has 0 amide bonds. The molecule has 4 heterocycles. The number of H-pyrrole nitrogens is 2. The first-order chi connectivity index (χ1) is 33.7. The topological polar surface area (TPSA) is 74.7 Å². The summed E-state index contributed by atoms with van der Waals surface area (Å²) in [5.41, 5.74) is 20.1. The van der Waals surface area contributed by atoms with Crippen LogP contribution in [0.2, 0.25) is 0 Å². The van der Waals surface area contributed by atoms with E-state index in [1.165, 1.54) is 5.56 Å². The van der Waals surface area contributed by atoms with E-state index in [0.717, 1.165) is 119 Å². The fourth-order valence-corrected chi connectivity index (χ4v) is 9.17. The van der Waals surface area contributed by atoms with E-state index in [4.69, 9.17) is 15.0 Å². The molecule has 6 heteroatoms. The van der Waals surface area contributed by atoms with Gasteiger partial charge in [0, 0.05) is 51.6 Å². The first-order valence-electron chi connectivity index (χ1n) is 23.0. The van der Waals surface area contributed by atoms with Crippen molar-refractivity contribution in [2.24, 2.45) is 0 Å². The third-order valence-electron chi connectivity index (χ3n) is 12.7. The van der Waals surface area contributed by atoms with Gasteiger partial charge in [0.15, 0.2) is 0 Å². The summed E-state index contributed by atoms with van der Waals surface area (Å²) in [6.07, 6.45) is 2.97. The molecule has 0 aliphatic carbocycles. The van der Waals surface area contributed by atoms with Gasteiger partial charge in [-0.15, -0.1) is 0 Å². The highest BCUT2D eigenvalue weighted by atomic mass is 15.0. The van der Waals surface area contributed by atoms with Gasteiger partial charge in [0.25, 0.3) is 0 Å². The van der Waals surface area contributed by atoms with Crippen LogP contribution < -0.4 is 0 Å². The van der Waals surface area contributed by atoms with E-state index in [0.29, 0.717) is 0 Å². The van der Waals surface area contributed by atoms with Crippen molar-refractivity contribution in [2.45, 2.75) is 6.42 Å². The highest BCUT2D eigenvalue weighted by molar-refractivity contribution is 5.83. The number of nitrogens with one attached hydrogen (secondary N) is 2. The van der Waals surface area contributed by atoms with Crippen LogP contribution in [0.3, 0.4) is 0 Å². The van der Waals surface area contributed by atoms with E-state index in [1.807, 2.05) is 24.3 Å². The van der Waals surface area contributed by atoms with Crippen molar-refractivity contribution in [3.8, 4) is 101 Å². The third kappa shape index (κ3) is 7.90. The molecule has 0 aliphatic heterocycles. The predicted molar refractivity (Wildman–Crippen MR) is 278 cm³/mol. The molecule has 0 saturated carbocycles. The molecule has 0 radical (unpaired) electrons. The summed E-state index contributed by atoms with van der Waals surface area (Å²) >= 11 is 0. The van der Waals surface area contributed by atoms with Crippen LogP contribution >= 0.6 is 0 Å². The van der Waals surface area contributed by atoms with Gasteiger partial charge in [-0.05, 0) is 39.9 Å². The largest absolute Gasteiger partial charge is 0.337 e. The monoisotopic (exact) mass is 872 g/mol. The minimum atomic E-state index is 0.736. The summed E-state index contributed by atoms with van der Waals surface area (Å²) in [6, 6.07) is 82.6. The lowest BCUT2D eigenvalue weighted by molar-refractivity contribution is 1.03. The maximum atomic E-state index is 5.27. The van der Waals surface area contributed by atoms with Gasteiger partial charge in [-0.25, -0.2) is 15.0 Å². The highest BCUT2D eigenvalue weighted by Gasteiger charge is 2.19. The zero-order valence-electron chi connectivity index (χ0n) is 37.1. The number of hydrogen-bond acceptors (Lipinski definition) is 3. The Morgan fingerprint density at radius 2 is 0.647 bits per heavy atom. The van der Waals surface area contributed by atoms with Gasteiger partial charge in [-0.1, -0.05) is 224 Å². The van der Waals surface area contributed by atoms with Gasteiger partial charge in [-0.3, -0.25) is 0 Å². The number of aromatic nitrogens is 6. The lowest BCUT2D eigenvalue weighted by Crippen LogP contribution is -1.97. The Bertz CT molecular complexity index is 3520. The van der Waals surface area contributed by atoms with E-state index in [2.05, 4.69) is 233 Å². The molecule has 8 aromatic carbocycles. The normalized spacial score (nSPS) is 11.3. The summed E-state index contributed by atoms with van der Waals surface area (Å²) in [5.74, 6) is 1.67. The number of imidazole rings is 3. The van der Waals surface area contributed by atoms with Gasteiger partial charge in [0.05, 0.1) is 34.2 Å². The molecule has 12 rings (SSSR count). The van der Waals surface area contributed by atoms with Crippen LogP contribution in [-0.2, 0) is 6.42 Å². The van der Waals surface area contributed by atoms with Crippen LogP contribution in [0, 0.1) is 0 Å². The highest BCUT2D eigenvalue weighted by Crippen LogP contribution is 2.37. The van der Waals surface area contributed by atoms with Crippen LogP contribution in [0.1, 0.15) is 11.3 Å². The van der Waals surface area contributed by atoms with Crippen molar-refractivity contribution >= 4 is 5.65 Å². The third-order valence-corrected chi connectivity index (χ3v) is 12.7. The van der Waals surface area contributed by atoms with Crippen LogP contribution in [0.15, 0.2) is 243 Å². The van der Waals surface area contributed by atoms with Crippen LogP contribution in [-0.4, -0.2) is 29.3 Å². The van der Waals surface area contributed by atoms with Gasteiger partial charge >= 0.3 is 0 Å². The Labute approximate surface area is 395 Å². The van der Waals surface area contributed by atoms with Gasteiger partial charge in [-0.2, -0.15) is 0 Å². The Kier molecular flexibility index (Phi) is 10.5. The standard InChI is InChI=1S/C62H44N6/c1-6-16-42(17-7-1)40-54-56(50-32-26-43(27-33-50)44-28-34-51(35-29-44)61-64-57(46-18-8-2-9-19-46)58(65-61)47-20-10-3-11-21-47)63-55-39-38-53(41-68(54)55)45-30-36-52(37-31-45)62-66-59(48-22-12-4-13-23-48)60(67-62)49-24-14-5-15-25-49/h1-39,41H,40H2,(H,64,65)(H,66,67). The van der Waals surface area contributed by atoms with E-state index in [9.17, 15) is 0 Å². The lowest BCUT2D eigenvalue weighted by Gasteiger charge is -2.09. The van der Waals surface area contributed by atoms with Crippen LogP contribution in [0.5, 0.6) is 0 Å². The van der Waals surface area contributed by atoms with Crippen molar-refractivity contribution < 1.29 is 0 Å². The number of pyridine rings is 1. The second-order valence-electron chi connectivity index (χ2n) is 17.0. The van der Waals surface area contributed by atoms with Gasteiger partial charge in [0.2, 0.25) is 0 Å². The number of hydrogen-bond donors (Lipinski definition) is 2. The molecular weight excluding hydrogens is 829 g/mol. The molecule has 68 heavy (non-hydrogen) atoms. The average molecular weight is 873 g/mol. The Hall–Kier alpha value is -9.13. The fourth-order valence-electron chi connectivity index (χ4n) is 9.17. The molecule has 0 aliphatic rings. The fraction of sp³-hybridized carbons (Fsp3) is 0.0161. The summed E-state index contributed by atoms with van der Waals surface area (Å²) in [4.78, 5) is 22.8. The molecule has 0 fully saturated rings. The van der Waals surface area contributed by atoms with E-state index in [1.54, 1.807) is 0 Å². The van der Waals surface area contributed by atoms with E-state index >= 15 is 0 Å². The second kappa shape index (κ2) is 17.7. The quantitative estimate of drug-likeness (QED) is 0.136. The first kappa shape index (κ1) is 40.4. The zero-order valence-corrected chi connectivity index (χ0v) is 37.1. The molecule has 4 aromatic heterocycles. The first-order valence-corrected chi connectivity index (χ1v) is 23.0. The van der Waals surface area contributed by atoms with Gasteiger partial charge < -0.3 is 14.4 Å². The Morgan fingerprint density at radius 1 is 0.294 bits per heavy atom. The van der Waals surface area contributed by atoms with Crippen LogP contribution in [0.25, 0.3) is 107 Å². The number of nitrogens with zero attached hydrogens (tertiary/aromatic N) is 4. The average Bonchev–Trinajstić information content (AvgIpc) is 4.17. The number of aromatic amines is 2. The van der Waals surface area contributed by atoms with E-state index < -0.39 is 0 Å². The molecule has 322 valence electrons. The van der Waals surface area contributed by atoms with Crippen LogP contribution in [0.4, 0.5) is 0 Å².